The van der Waals surface area contributed by atoms with Crippen LogP contribution in [0.5, 0.6) is 5.75 Å². The molecule has 1 aromatic carbocycles. The summed E-state index contributed by atoms with van der Waals surface area (Å²) < 4.78 is 10.7. The minimum absolute atomic E-state index is 0.0231. The van der Waals surface area contributed by atoms with Gasteiger partial charge in [0, 0.05) is 18.0 Å². The highest BCUT2D eigenvalue weighted by atomic mass is 32.1. The van der Waals surface area contributed by atoms with Gasteiger partial charge in [-0.1, -0.05) is 30.9 Å². The van der Waals surface area contributed by atoms with Crippen molar-refractivity contribution in [3.63, 3.8) is 0 Å². The second-order valence-corrected chi connectivity index (χ2v) is 9.10. The van der Waals surface area contributed by atoms with Crippen LogP contribution in [-0.4, -0.2) is 45.9 Å². The Morgan fingerprint density at radius 2 is 1.89 bits per heavy atom. The third-order valence-corrected chi connectivity index (χ3v) is 6.71. The van der Waals surface area contributed by atoms with E-state index in [0.29, 0.717) is 29.2 Å². The van der Waals surface area contributed by atoms with Gasteiger partial charge in [-0.2, -0.15) is 0 Å². The maximum Gasteiger partial charge on any atom is 0.350 e. The number of amides is 1. The molecule has 1 unspecified atom stereocenters. The predicted octanol–water partition coefficient (Wildman–Crippen LogP) is 4.60. The third-order valence-electron chi connectivity index (χ3n) is 5.58. The van der Waals surface area contributed by atoms with Gasteiger partial charge in [-0.15, -0.1) is 0 Å². The fourth-order valence-corrected chi connectivity index (χ4v) is 4.84. The first kappa shape index (κ1) is 25.8. The molecule has 3 heterocycles. The average Bonchev–Trinajstić information content (AvgIpc) is 3.43. The van der Waals surface area contributed by atoms with Gasteiger partial charge in [0.25, 0.3) is 5.78 Å². The number of benzene rings is 1. The molecule has 1 amide bonds. The highest BCUT2D eigenvalue weighted by molar-refractivity contribution is 7.17. The maximum absolute atomic E-state index is 13.3. The predicted molar refractivity (Wildman–Crippen MR) is 139 cm³/mol. The van der Waals surface area contributed by atoms with Gasteiger partial charge in [0.2, 0.25) is 0 Å². The second kappa shape index (κ2) is 11.2. The minimum atomic E-state index is -0.985. The van der Waals surface area contributed by atoms with Gasteiger partial charge in [0.1, 0.15) is 23.0 Å². The van der Waals surface area contributed by atoms with Gasteiger partial charge in [0.15, 0.2) is 5.13 Å². The highest BCUT2D eigenvalue weighted by Gasteiger charge is 2.48. The van der Waals surface area contributed by atoms with E-state index in [0.717, 1.165) is 17.8 Å². The van der Waals surface area contributed by atoms with E-state index in [4.69, 9.17) is 9.47 Å². The van der Waals surface area contributed by atoms with Crippen LogP contribution in [0, 0.1) is 6.92 Å². The number of aliphatic hydroxyl groups is 1. The number of hydrogen-bond acceptors (Lipinski definition) is 9. The number of nitrogens with zero attached hydrogens (tertiary/aromatic N) is 3. The molecule has 0 spiro atoms. The molecule has 1 fully saturated rings. The number of aromatic nitrogens is 2. The molecule has 190 valence electrons. The first-order valence-electron chi connectivity index (χ1n) is 11.6. The van der Waals surface area contributed by atoms with E-state index in [2.05, 4.69) is 16.5 Å². The van der Waals surface area contributed by atoms with Crippen molar-refractivity contribution >= 4 is 39.9 Å². The van der Waals surface area contributed by atoms with Crippen LogP contribution < -0.4 is 9.64 Å². The number of thiazole rings is 1. The molecule has 10 heteroatoms. The summed E-state index contributed by atoms with van der Waals surface area (Å²) in [6.45, 7) is 7.71. The zero-order chi connectivity index (χ0) is 26.5. The monoisotopic (exact) mass is 519 g/mol. The van der Waals surface area contributed by atoms with Gasteiger partial charge in [-0.25, -0.2) is 9.78 Å². The maximum atomic E-state index is 13.3. The summed E-state index contributed by atoms with van der Waals surface area (Å²) in [5.74, 6) is -2.05. The van der Waals surface area contributed by atoms with Crippen molar-refractivity contribution in [1.82, 2.24) is 9.97 Å². The SMILES string of the molecule is C=CCOC(=O)c1sc(N2C(=O)C(=O)/C(=C(/O)c3ccc(OCCC)cc3)C2c2ccncc2)nc1C. The number of carbonyl (C=O) groups excluding carboxylic acids is 3. The number of ketones is 1. The molecule has 37 heavy (non-hydrogen) atoms. The topological polar surface area (TPSA) is 119 Å². The third kappa shape index (κ3) is 5.14. The molecule has 0 aliphatic carbocycles. The Bertz CT molecular complexity index is 1360. The van der Waals surface area contributed by atoms with Crippen molar-refractivity contribution in [1.29, 1.82) is 0 Å². The Morgan fingerprint density at radius 3 is 2.54 bits per heavy atom. The molecule has 3 aromatic rings. The summed E-state index contributed by atoms with van der Waals surface area (Å²) in [5, 5.41) is 11.4. The lowest BCUT2D eigenvalue weighted by molar-refractivity contribution is -0.132. The molecular weight excluding hydrogens is 494 g/mol. The first-order valence-corrected chi connectivity index (χ1v) is 12.4. The molecule has 2 aromatic heterocycles. The largest absolute Gasteiger partial charge is 0.507 e. The molecule has 1 saturated heterocycles. The molecule has 1 atom stereocenters. The lowest BCUT2D eigenvalue weighted by Crippen LogP contribution is -2.29. The first-order chi connectivity index (χ1) is 17.9. The van der Waals surface area contributed by atoms with Crippen molar-refractivity contribution in [3.8, 4) is 5.75 Å². The zero-order valence-electron chi connectivity index (χ0n) is 20.3. The Balaban J connectivity index is 1.80. The number of pyridine rings is 1. The van der Waals surface area contributed by atoms with Gasteiger partial charge < -0.3 is 14.6 Å². The number of anilines is 1. The van der Waals surface area contributed by atoms with Crippen molar-refractivity contribution in [2.24, 2.45) is 0 Å². The number of aryl methyl sites for hydroxylation is 1. The van der Waals surface area contributed by atoms with E-state index in [1.165, 1.54) is 23.4 Å². The quantitative estimate of drug-likeness (QED) is 0.143. The Hall–Kier alpha value is -4.31. The molecule has 4 rings (SSSR count). The summed E-state index contributed by atoms with van der Waals surface area (Å²) in [4.78, 5) is 48.9. The van der Waals surface area contributed by atoms with E-state index in [1.54, 1.807) is 43.3 Å². The zero-order valence-corrected chi connectivity index (χ0v) is 21.2. The van der Waals surface area contributed by atoms with Gasteiger partial charge in [0.05, 0.1) is 23.9 Å². The summed E-state index contributed by atoms with van der Waals surface area (Å²) in [6, 6.07) is 8.94. The van der Waals surface area contributed by atoms with Crippen LogP contribution in [0.3, 0.4) is 0 Å². The molecule has 0 bridgehead atoms. The van der Waals surface area contributed by atoms with Crippen molar-refractivity contribution < 1.29 is 29.0 Å². The van der Waals surface area contributed by atoms with Crippen LogP contribution in [0.4, 0.5) is 5.13 Å². The molecule has 1 aliphatic heterocycles. The minimum Gasteiger partial charge on any atom is -0.507 e. The number of Topliss-reactive ketones (excluding diaryl/α,β-unsaturated/α-hetero) is 1. The number of esters is 1. The highest BCUT2D eigenvalue weighted by Crippen LogP contribution is 2.43. The lowest BCUT2D eigenvalue weighted by atomic mass is 9.96. The molecular formula is C27H25N3O6S. The van der Waals surface area contributed by atoms with Crippen LogP contribution in [0.1, 0.15) is 45.9 Å². The summed E-state index contributed by atoms with van der Waals surface area (Å²) >= 11 is 0.935. The van der Waals surface area contributed by atoms with Gasteiger partial charge in [-0.3, -0.25) is 19.5 Å². The number of carbonyl (C=O) groups is 3. The number of rotatable bonds is 9. The average molecular weight is 520 g/mol. The van der Waals surface area contributed by atoms with Crippen LogP contribution in [0.25, 0.3) is 5.76 Å². The molecule has 1 aliphatic rings. The Kier molecular flexibility index (Phi) is 7.78. The summed E-state index contributed by atoms with van der Waals surface area (Å²) in [6.07, 6.45) is 5.35. The smallest absolute Gasteiger partial charge is 0.350 e. The number of aliphatic hydroxyl groups excluding tert-OH is 1. The van der Waals surface area contributed by atoms with Crippen molar-refractivity contribution in [2.45, 2.75) is 26.3 Å². The number of ether oxygens (including phenoxy) is 2. The van der Waals surface area contributed by atoms with Crippen LogP contribution in [0.2, 0.25) is 0 Å². The van der Waals surface area contributed by atoms with Crippen molar-refractivity contribution in [2.75, 3.05) is 18.1 Å². The standard InChI is InChI=1S/C27H25N3O6S/c1-4-14-35-19-8-6-18(7-9-19)22(31)20-21(17-10-12-28-13-11-17)30(25(33)23(20)32)27-29-16(3)24(37-27)26(34)36-15-5-2/h5-13,21,31H,2,4,14-15H2,1,3H3/b22-20+. The van der Waals surface area contributed by atoms with E-state index in [9.17, 15) is 19.5 Å². The number of hydrogen-bond donors (Lipinski definition) is 1. The Morgan fingerprint density at radius 1 is 1.19 bits per heavy atom. The fourth-order valence-electron chi connectivity index (χ4n) is 3.85. The lowest BCUT2D eigenvalue weighted by Gasteiger charge is -2.22. The fraction of sp³-hybridized carbons (Fsp3) is 0.222. The normalized spacial score (nSPS) is 16.6. The molecule has 1 N–H and O–H groups in total. The van der Waals surface area contributed by atoms with E-state index < -0.39 is 23.7 Å². The van der Waals surface area contributed by atoms with E-state index >= 15 is 0 Å². The second-order valence-electron chi connectivity index (χ2n) is 8.12. The molecule has 0 saturated carbocycles. The van der Waals surface area contributed by atoms with E-state index in [-0.39, 0.29) is 27.9 Å². The van der Waals surface area contributed by atoms with Gasteiger partial charge >= 0.3 is 11.9 Å². The summed E-state index contributed by atoms with van der Waals surface area (Å²) in [7, 11) is 0. The Labute approximate surface area is 217 Å². The van der Waals surface area contributed by atoms with Gasteiger partial charge in [-0.05, 0) is 55.3 Å². The van der Waals surface area contributed by atoms with Crippen LogP contribution >= 0.6 is 11.3 Å². The van der Waals surface area contributed by atoms with E-state index in [1.807, 2.05) is 6.92 Å². The molecule has 9 nitrogen and oxygen atoms in total. The summed E-state index contributed by atoms with van der Waals surface area (Å²) in [5.41, 5.74) is 1.15. The molecule has 0 radical (unpaired) electrons. The van der Waals surface area contributed by atoms with Crippen molar-refractivity contribution in [3.05, 3.63) is 88.7 Å². The van der Waals surface area contributed by atoms with Crippen LogP contribution in [-0.2, 0) is 14.3 Å². The van der Waals surface area contributed by atoms with Crippen LogP contribution in [0.15, 0.2) is 67.0 Å².